The molecule has 6 nitrogen and oxygen atoms in total. The van der Waals surface area contributed by atoms with Gasteiger partial charge in [0.1, 0.15) is 12.1 Å². The van der Waals surface area contributed by atoms with Gasteiger partial charge in [-0.05, 0) is 35.7 Å². The van der Waals surface area contributed by atoms with E-state index in [0.717, 1.165) is 29.7 Å². The van der Waals surface area contributed by atoms with Gasteiger partial charge < -0.3 is 15.5 Å². The summed E-state index contributed by atoms with van der Waals surface area (Å²) in [6.45, 7) is 4.30. The molecule has 4 rings (SSSR count). The lowest BCUT2D eigenvalue weighted by atomic mass is 10.0. The maximum atomic E-state index is 13.1. The van der Waals surface area contributed by atoms with Gasteiger partial charge in [-0.1, -0.05) is 31.2 Å². The molecule has 1 fully saturated rings. The maximum Gasteiger partial charge on any atom is 0.254 e. The molecular formula is C22H25N5O. The Labute approximate surface area is 165 Å². The molecule has 2 N–H and O–H groups in total. The number of aromatic nitrogens is 2. The third-order valence-electron chi connectivity index (χ3n) is 5.37. The Morgan fingerprint density at radius 2 is 2.04 bits per heavy atom. The molecule has 144 valence electrons. The summed E-state index contributed by atoms with van der Waals surface area (Å²) in [5.74, 6) is 0.810. The van der Waals surface area contributed by atoms with Crippen LogP contribution in [0.3, 0.4) is 0 Å². The number of anilines is 1. The Kier molecular flexibility index (Phi) is 5.21. The van der Waals surface area contributed by atoms with E-state index in [1.54, 1.807) is 0 Å². The van der Waals surface area contributed by atoms with Gasteiger partial charge in [0, 0.05) is 43.7 Å². The van der Waals surface area contributed by atoms with E-state index in [0.29, 0.717) is 18.7 Å². The van der Waals surface area contributed by atoms with Crippen molar-refractivity contribution in [3.05, 3.63) is 65.5 Å². The molecule has 0 saturated carbocycles. The van der Waals surface area contributed by atoms with Crippen molar-refractivity contribution in [1.82, 2.24) is 20.2 Å². The summed E-state index contributed by atoms with van der Waals surface area (Å²) in [5, 5.41) is 7.50. The van der Waals surface area contributed by atoms with Crippen molar-refractivity contribution in [3.8, 4) is 0 Å². The number of nitrogens with zero attached hydrogens (tertiary/aromatic N) is 3. The average molecular weight is 375 g/mol. The maximum absolute atomic E-state index is 13.1. The number of rotatable bonds is 4. The minimum Gasteiger partial charge on any atom is -0.373 e. The van der Waals surface area contributed by atoms with Gasteiger partial charge in [-0.2, -0.15) is 0 Å². The van der Waals surface area contributed by atoms with Gasteiger partial charge in [0.2, 0.25) is 0 Å². The molecular weight excluding hydrogens is 350 g/mol. The zero-order valence-electron chi connectivity index (χ0n) is 16.3. The molecule has 0 aliphatic carbocycles. The molecule has 2 heterocycles. The van der Waals surface area contributed by atoms with E-state index >= 15 is 0 Å². The molecule has 1 aliphatic heterocycles. The number of piperazine rings is 1. The highest BCUT2D eigenvalue weighted by atomic mass is 16.2. The van der Waals surface area contributed by atoms with Crippen LogP contribution in [-0.2, 0) is 6.42 Å². The fourth-order valence-electron chi connectivity index (χ4n) is 3.72. The zero-order chi connectivity index (χ0) is 19.5. The van der Waals surface area contributed by atoms with Crippen LogP contribution in [-0.4, -0.2) is 47.5 Å². The van der Waals surface area contributed by atoms with Crippen molar-refractivity contribution >= 4 is 22.6 Å². The highest BCUT2D eigenvalue weighted by Gasteiger charge is 2.25. The first kappa shape index (κ1) is 18.4. The molecule has 0 spiro atoms. The molecule has 1 amide bonds. The third-order valence-corrected chi connectivity index (χ3v) is 5.37. The predicted molar refractivity (Wildman–Crippen MR) is 112 cm³/mol. The number of carbonyl (C=O) groups is 1. The van der Waals surface area contributed by atoms with E-state index < -0.39 is 0 Å². The largest absolute Gasteiger partial charge is 0.373 e. The summed E-state index contributed by atoms with van der Waals surface area (Å²) in [5.41, 5.74) is 3.98. The van der Waals surface area contributed by atoms with Crippen LogP contribution in [0.4, 0.5) is 5.82 Å². The Morgan fingerprint density at radius 3 is 2.79 bits per heavy atom. The van der Waals surface area contributed by atoms with Crippen LogP contribution in [0.2, 0.25) is 0 Å². The van der Waals surface area contributed by atoms with Gasteiger partial charge in [-0.15, -0.1) is 0 Å². The van der Waals surface area contributed by atoms with Crippen LogP contribution in [0.5, 0.6) is 0 Å². The highest BCUT2D eigenvalue weighted by molar-refractivity contribution is 5.99. The van der Waals surface area contributed by atoms with Crippen molar-refractivity contribution in [3.63, 3.8) is 0 Å². The molecule has 1 saturated heterocycles. The fourth-order valence-corrected chi connectivity index (χ4v) is 3.72. The molecule has 0 bridgehead atoms. The van der Waals surface area contributed by atoms with Crippen molar-refractivity contribution < 1.29 is 4.79 Å². The van der Waals surface area contributed by atoms with Gasteiger partial charge in [0.05, 0.1) is 5.52 Å². The minimum absolute atomic E-state index is 0.0446. The van der Waals surface area contributed by atoms with Gasteiger partial charge in [-0.25, -0.2) is 9.97 Å². The van der Waals surface area contributed by atoms with Crippen LogP contribution in [0, 0.1) is 0 Å². The number of benzene rings is 2. The van der Waals surface area contributed by atoms with E-state index in [-0.39, 0.29) is 11.9 Å². The van der Waals surface area contributed by atoms with Crippen molar-refractivity contribution in [1.29, 1.82) is 0 Å². The summed E-state index contributed by atoms with van der Waals surface area (Å²) in [6.07, 6.45) is 2.55. The van der Waals surface area contributed by atoms with Crippen molar-refractivity contribution in [2.24, 2.45) is 0 Å². The van der Waals surface area contributed by atoms with E-state index in [9.17, 15) is 4.79 Å². The van der Waals surface area contributed by atoms with Gasteiger partial charge >= 0.3 is 0 Å². The first-order chi connectivity index (χ1) is 13.7. The second kappa shape index (κ2) is 7.94. The highest BCUT2D eigenvalue weighted by Crippen LogP contribution is 2.23. The summed E-state index contributed by atoms with van der Waals surface area (Å²) in [6, 6.07) is 14.4. The quantitative estimate of drug-likeness (QED) is 0.734. The Bertz CT molecular complexity index is 986. The smallest absolute Gasteiger partial charge is 0.254 e. The molecule has 1 atom stereocenters. The van der Waals surface area contributed by atoms with Crippen LogP contribution in [0.25, 0.3) is 10.9 Å². The lowest BCUT2D eigenvalue weighted by Gasteiger charge is -2.34. The van der Waals surface area contributed by atoms with Crippen molar-refractivity contribution in [2.75, 3.05) is 32.0 Å². The normalized spacial score (nSPS) is 16.9. The zero-order valence-corrected chi connectivity index (χ0v) is 16.3. The Hall–Kier alpha value is -2.99. The number of nitrogens with one attached hydrogen (secondary N) is 2. The predicted octanol–water partition coefficient (Wildman–Crippen LogP) is 3.02. The average Bonchev–Trinajstić information content (AvgIpc) is 2.78. The molecule has 1 aromatic heterocycles. The van der Waals surface area contributed by atoms with Crippen molar-refractivity contribution in [2.45, 2.75) is 19.4 Å². The molecule has 28 heavy (non-hydrogen) atoms. The van der Waals surface area contributed by atoms with Gasteiger partial charge in [0.15, 0.2) is 0 Å². The fraction of sp³-hybridized carbons (Fsp3) is 0.318. The van der Waals surface area contributed by atoms with Gasteiger partial charge in [-0.3, -0.25) is 4.79 Å². The summed E-state index contributed by atoms with van der Waals surface area (Å²) >= 11 is 0. The van der Waals surface area contributed by atoms with Crippen LogP contribution < -0.4 is 10.6 Å². The number of carbonyl (C=O) groups excluding carboxylic acids is 1. The number of amides is 1. The monoisotopic (exact) mass is 375 g/mol. The van der Waals surface area contributed by atoms with E-state index in [1.165, 1.54) is 17.5 Å². The van der Waals surface area contributed by atoms with Crippen LogP contribution in [0.1, 0.15) is 34.5 Å². The van der Waals surface area contributed by atoms with E-state index in [1.807, 2.05) is 30.1 Å². The number of hydrogen-bond donors (Lipinski definition) is 2. The SMILES string of the molecule is CCc1ccc(C2CN(C(=O)c3ccc4c(NC)ncnc4c3)CCN2)cc1. The Balaban J connectivity index is 1.54. The van der Waals surface area contributed by atoms with Gasteiger partial charge in [0.25, 0.3) is 5.91 Å². The topological polar surface area (TPSA) is 70.2 Å². The number of fused-ring (bicyclic) bond motifs is 1. The van der Waals surface area contributed by atoms with E-state index in [2.05, 4.69) is 51.8 Å². The second-order valence-electron chi connectivity index (χ2n) is 7.06. The lowest BCUT2D eigenvalue weighted by molar-refractivity contribution is 0.0703. The summed E-state index contributed by atoms with van der Waals surface area (Å²) < 4.78 is 0. The summed E-state index contributed by atoms with van der Waals surface area (Å²) in [4.78, 5) is 23.6. The first-order valence-electron chi connectivity index (χ1n) is 9.73. The molecule has 0 radical (unpaired) electrons. The molecule has 6 heteroatoms. The van der Waals surface area contributed by atoms with Crippen LogP contribution in [0.15, 0.2) is 48.8 Å². The van der Waals surface area contributed by atoms with Crippen LogP contribution >= 0.6 is 0 Å². The minimum atomic E-state index is 0.0446. The molecule has 3 aromatic rings. The molecule has 2 aromatic carbocycles. The van der Waals surface area contributed by atoms with E-state index in [4.69, 9.17) is 0 Å². The second-order valence-corrected chi connectivity index (χ2v) is 7.06. The first-order valence-corrected chi connectivity index (χ1v) is 9.73. The number of aryl methyl sites for hydroxylation is 1. The Morgan fingerprint density at radius 1 is 1.21 bits per heavy atom. The third kappa shape index (κ3) is 3.55. The standard InChI is InChI=1S/C22H25N5O/c1-3-15-4-6-16(7-5-15)20-13-27(11-10-24-20)22(28)17-8-9-18-19(12-17)25-14-26-21(18)23-2/h4-9,12,14,20,24H,3,10-11,13H2,1-2H3,(H,23,25,26). The summed E-state index contributed by atoms with van der Waals surface area (Å²) in [7, 11) is 1.83. The molecule has 1 aliphatic rings. The molecule has 1 unspecified atom stereocenters. The number of hydrogen-bond acceptors (Lipinski definition) is 5. The lowest BCUT2D eigenvalue weighted by Crippen LogP contribution is -2.48.